The molecule has 4 rings (SSSR count). The number of hydrogen-bond donors (Lipinski definition) is 0. The molecule has 1 aromatic heterocycles. The highest BCUT2D eigenvalue weighted by Crippen LogP contribution is 2.37. The molecule has 8 heteroatoms. The van der Waals surface area contributed by atoms with Crippen LogP contribution in [0.2, 0.25) is 0 Å². The number of aromatic nitrogens is 2. The van der Waals surface area contributed by atoms with Crippen LogP contribution in [0.25, 0.3) is 11.4 Å². The van der Waals surface area contributed by atoms with Crippen molar-refractivity contribution in [1.29, 1.82) is 0 Å². The lowest BCUT2D eigenvalue weighted by atomic mass is 10.1. The molecule has 3 aromatic rings. The van der Waals surface area contributed by atoms with E-state index in [4.69, 9.17) is 18.7 Å². The Morgan fingerprint density at radius 1 is 1.12 bits per heavy atom. The Labute approximate surface area is 187 Å². The van der Waals surface area contributed by atoms with Crippen molar-refractivity contribution in [2.24, 2.45) is 0 Å². The number of nitrogens with zero attached hydrogens (tertiary/aromatic N) is 3. The first-order valence-electron chi connectivity index (χ1n) is 10.6. The number of carbonyl (C=O) groups excluding carboxylic acids is 1. The van der Waals surface area contributed by atoms with E-state index >= 15 is 0 Å². The Bertz CT molecular complexity index is 1100. The first-order valence-corrected chi connectivity index (χ1v) is 10.6. The zero-order valence-corrected chi connectivity index (χ0v) is 18.7. The molecule has 0 saturated carbocycles. The summed E-state index contributed by atoms with van der Waals surface area (Å²) in [6.45, 7) is 4.97. The average Bonchev–Trinajstić information content (AvgIpc) is 3.45. The largest absolute Gasteiger partial charge is 0.493 e. The van der Waals surface area contributed by atoms with E-state index < -0.39 is 0 Å². The zero-order chi connectivity index (χ0) is 22.7. The lowest BCUT2D eigenvalue weighted by Gasteiger charge is -2.25. The number of methoxy groups -OCH3 is 2. The van der Waals surface area contributed by atoms with Crippen molar-refractivity contribution in [1.82, 2.24) is 15.0 Å². The van der Waals surface area contributed by atoms with Gasteiger partial charge in [-0.2, -0.15) is 4.98 Å². The maximum atomic E-state index is 12.8. The average molecular weight is 437 g/mol. The predicted molar refractivity (Wildman–Crippen MR) is 118 cm³/mol. The molecule has 1 amide bonds. The van der Waals surface area contributed by atoms with Crippen molar-refractivity contribution in [3.05, 3.63) is 53.9 Å². The van der Waals surface area contributed by atoms with Crippen molar-refractivity contribution in [3.8, 4) is 28.6 Å². The van der Waals surface area contributed by atoms with Crippen LogP contribution < -0.4 is 14.2 Å². The Morgan fingerprint density at radius 2 is 1.91 bits per heavy atom. The first kappa shape index (κ1) is 21.7. The molecule has 2 unspecified atom stereocenters. The molecule has 1 saturated heterocycles. The van der Waals surface area contributed by atoms with E-state index in [0.29, 0.717) is 48.5 Å². The second-order valence-electron chi connectivity index (χ2n) is 7.62. The maximum absolute atomic E-state index is 12.8. The third-order valence-electron chi connectivity index (χ3n) is 5.73. The number of rotatable bonds is 8. The maximum Gasteiger partial charge on any atom is 0.232 e. The van der Waals surface area contributed by atoms with E-state index in [1.54, 1.807) is 14.2 Å². The van der Waals surface area contributed by atoms with Crippen LogP contribution in [0, 0.1) is 0 Å². The second kappa shape index (κ2) is 9.30. The molecule has 2 heterocycles. The molecule has 0 radical (unpaired) electrons. The summed E-state index contributed by atoms with van der Waals surface area (Å²) < 4.78 is 21.9. The van der Waals surface area contributed by atoms with Gasteiger partial charge in [0.1, 0.15) is 5.75 Å². The third kappa shape index (κ3) is 4.12. The number of hydrogen-bond acceptors (Lipinski definition) is 7. The van der Waals surface area contributed by atoms with Gasteiger partial charge in [-0.15, -0.1) is 0 Å². The van der Waals surface area contributed by atoms with Gasteiger partial charge in [0.25, 0.3) is 0 Å². The Kier molecular flexibility index (Phi) is 6.30. The van der Waals surface area contributed by atoms with Gasteiger partial charge in [0.05, 0.1) is 38.3 Å². The summed E-state index contributed by atoms with van der Waals surface area (Å²) in [7, 11) is 3.20. The van der Waals surface area contributed by atoms with E-state index in [1.165, 1.54) is 0 Å². The van der Waals surface area contributed by atoms with Crippen LogP contribution in [0.5, 0.6) is 17.2 Å². The molecule has 168 valence electrons. The van der Waals surface area contributed by atoms with Crippen molar-refractivity contribution in [2.75, 3.05) is 27.4 Å². The van der Waals surface area contributed by atoms with E-state index in [9.17, 15) is 4.79 Å². The first-order chi connectivity index (χ1) is 15.5. The molecule has 32 heavy (non-hydrogen) atoms. The van der Waals surface area contributed by atoms with Crippen molar-refractivity contribution in [3.63, 3.8) is 0 Å². The number of benzene rings is 2. The molecule has 8 nitrogen and oxygen atoms in total. The molecule has 1 fully saturated rings. The van der Waals surface area contributed by atoms with Crippen LogP contribution in [0.3, 0.4) is 0 Å². The van der Waals surface area contributed by atoms with Crippen LogP contribution in [-0.2, 0) is 4.79 Å². The third-order valence-corrected chi connectivity index (χ3v) is 5.73. The van der Waals surface area contributed by atoms with E-state index in [0.717, 1.165) is 11.1 Å². The minimum atomic E-state index is -0.161. The number of para-hydroxylation sites is 1. The Hall–Kier alpha value is -3.55. The van der Waals surface area contributed by atoms with Crippen LogP contribution in [0.1, 0.15) is 43.7 Å². The van der Waals surface area contributed by atoms with E-state index in [2.05, 4.69) is 10.1 Å². The minimum absolute atomic E-state index is 0.0479. The van der Waals surface area contributed by atoms with Crippen molar-refractivity contribution >= 4 is 5.91 Å². The van der Waals surface area contributed by atoms with Gasteiger partial charge in [-0.1, -0.05) is 23.4 Å². The smallest absolute Gasteiger partial charge is 0.232 e. The molecule has 1 aliphatic rings. The van der Waals surface area contributed by atoms with Gasteiger partial charge in [-0.3, -0.25) is 4.79 Å². The normalized spacial score (nSPS) is 16.8. The summed E-state index contributed by atoms with van der Waals surface area (Å²) in [5.74, 6) is 2.80. The fourth-order valence-electron chi connectivity index (χ4n) is 4.01. The standard InChI is InChI=1S/C24H27N3O5/c1-5-31-19-9-7-6-8-18(19)23-25-24(32-26-23)17-13-22(28)27(14-17)15(2)16-10-11-20(29-3)21(12-16)30-4/h6-12,15,17H,5,13-14H2,1-4H3. The van der Waals surface area contributed by atoms with Crippen LogP contribution in [0.15, 0.2) is 47.0 Å². The van der Waals surface area contributed by atoms with Crippen LogP contribution >= 0.6 is 0 Å². The Balaban J connectivity index is 1.52. The van der Waals surface area contributed by atoms with E-state index in [1.807, 2.05) is 61.2 Å². The predicted octanol–water partition coefficient (Wildman–Crippen LogP) is 4.23. The van der Waals surface area contributed by atoms with Crippen molar-refractivity contribution in [2.45, 2.75) is 32.2 Å². The lowest BCUT2D eigenvalue weighted by molar-refractivity contribution is -0.129. The molecule has 2 aromatic carbocycles. The summed E-state index contributed by atoms with van der Waals surface area (Å²) in [6.07, 6.45) is 0.326. The monoisotopic (exact) mass is 437 g/mol. The van der Waals surface area contributed by atoms with Crippen LogP contribution in [0.4, 0.5) is 0 Å². The van der Waals surface area contributed by atoms with Gasteiger partial charge >= 0.3 is 0 Å². The minimum Gasteiger partial charge on any atom is -0.493 e. The quantitative estimate of drug-likeness (QED) is 0.521. The number of ether oxygens (including phenoxy) is 3. The fourth-order valence-corrected chi connectivity index (χ4v) is 4.01. The van der Waals surface area contributed by atoms with Gasteiger partial charge in [0.15, 0.2) is 11.5 Å². The topological polar surface area (TPSA) is 86.9 Å². The fraction of sp³-hybridized carbons (Fsp3) is 0.375. The summed E-state index contributed by atoms with van der Waals surface area (Å²) in [5, 5.41) is 4.14. The summed E-state index contributed by atoms with van der Waals surface area (Å²) >= 11 is 0. The van der Waals surface area contributed by atoms with E-state index in [-0.39, 0.29) is 17.9 Å². The summed E-state index contributed by atoms with van der Waals surface area (Å²) in [4.78, 5) is 19.2. The molecular formula is C24H27N3O5. The van der Waals surface area contributed by atoms with Crippen molar-refractivity contribution < 1.29 is 23.5 Å². The second-order valence-corrected chi connectivity index (χ2v) is 7.62. The highest BCUT2D eigenvalue weighted by atomic mass is 16.5. The molecule has 0 N–H and O–H groups in total. The lowest BCUT2D eigenvalue weighted by Crippen LogP contribution is -2.28. The number of amides is 1. The molecule has 0 bridgehead atoms. The molecule has 2 atom stereocenters. The SMILES string of the molecule is CCOc1ccccc1-c1noc(C2CC(=O)N(C(C)c3ccc(OC)c(OC)c3)C2)n1. The highest BCUT2D eigenvalue weighted by molar-refractivity contribution is 5.80. The van der Waals surface area contributed by atoms with Gasteiger partial charge in [-0.25, -0.2) is 0 Å². The molecule has 0 spiro atoms. The zero-order valence-electron chi connectivity index (χ0n) is 18.7. The molecule has 0 aliphatic carbocycles. The van der Waals surface area contributed by atoms with Gasteiger partial charge in [-0.05, 0) is 43.7 Å². The van der Waals surface area contributed by atoms with Gasteiger partial charge in [0, 0.05) is 13.0 Å². The Morgan fingerprint density at radius 3 is 2.66 bits per heavy atom. The van der Waals surface area contributed by atoms with Crippen LogP contribution in [-0.4, -0.2) is 48.3 Å². The van der Waals surface area contributed by atoms with Gasteiger partial charge < -0.3 is 23.6 Å². The highest BCUT2D eigenvalue weighted by Gasteiger charge is 2.37. The summed E-state index contributed by atoms with van der Waals surface area (Å²) in [5.41, 5.74) is 1.73. The molecule has 1 aliphatic heterocycles. The summed E-state index contributed by atoms with van der Waals surface area (Å²) in [6, 6.07) is 13.1. The number of likely N-dealkylation sites (tertiary alicyclic amines) is 1. The molecular weight excluding hydrogens is 410 g/mol. The van der Waals surface area contributed by atoms with Gasteiger partial charge in [0.2, 0.25) is 17.6 Å². The number of carbonyl (C=O) groups is 1.